The molecule has 3 rings (SSSR count). The van der Waals surface area contributed by atoms with E-state index in [2.05, 4.69) is 5.10 Å². The lowest BCUT2D eigenvalue weighted by Gasteiger charge is -2.26. The van der Waals surface area contributed by atoms with Crippen LogP contribution in [-0.4, -0.2) is 59.4 Å². The Kier molecular flexibility index (Phi) is 4.47. The van der Waals surface area contributed by atoms with Crippen LogP contribution in [0.25, 0.3) is 5.69 Å². The third-order valence-corrected chi connectivity index (χ3v) is 5.95. The van der Waals surface area contributed by atoms with Gasteiger partial charge in [-0.1, -0.05) is 18.2 Å². The number of amides is 1. The lowest BCUT2D eigenvalue weighted by Crippen LogP contribution is -2.46. The number of hydrogen-bond acceptors (Lipinski definition) is 5. The molecule has 1 aliphatic rings. The molecule has 25 heavy (non-hydrogen) atoms. The Morgan fingerprint density at radius 2 is 1.64 bits per heavy atom. The summed E-state index contributed by atoms with van der Waals surface area (Å²) in [4.78, 5) is 26.5. The van der Waals surface area contributed by atoms with Crippen molar-refractivity contribution in [2.75, 3.05) is 24.6 Å². The number of aromatic nitrogens is 2. The largest absolute Gasteiger partial charge is 0.334 e. The van der Waals surface area contributed by atoms with E-state index in [-0.39, 0.29) is 30.2 Å². The molecule has 8 heteroatoms. The van der Waals surface area contributed by atoms with Crippen molar-refractivity contribution in [3.05, 3.63) is 47.3 Å². The molecule has 0 bridgehead atoms. The minimum absolute atomic E-state index is 0.0534. The molecule has 1 saturated heterocycles. The fourth-order valence-corrected chi connectivity index (χ4v) is 4.16. The number of carbonyl (C=O) groups is 2. The highest BCUT2D eigenvalue weighted by Gasteiger charge is 2.32. The highest BCUT2D eigenvalue weighted by molar-refractivity contribution is 7.91. The third-order valence-electron chi connectivity index (χ3n) is 4.35. The number of nitrogens with zero attached hydrogens (tertiary/aromatic N) is 3. The Hall–Kier alpha value is -2.48. The Morgan fingerprint density at radius 1 is 1.04 bits per heavy atom. The normalized spacial score (nSPS) is 16.6. The lowest BCUT2D eigenvalue weighted by atomic mass is 10.1. The van der Waals surface area contributed by atoms with E-state index >= 15 is 0 Å². The van der Waals surface area contributed by atoms with Crippen molar-refractivity contribution in [2.45, 2.75) is 13.8 Å². The third kappa shape index (κ3) is 3.34. The smallest absolute Gasteiger partial charge is 0.295 e. The van der Waals surface area contributed by atoms with E-state index in [1.165, 1.54) is 4.90 Å². The summed E-state index contributed by atoms with van der Waals surface area (Å²) in [5, 5.41) is 4.38. The summed E-state index contributed by atoms with van der Waals surface area (Å²) in [7, 11) is -3.11. The summed E-state index contributed by atoms with van der Waals surface area (Å²) in [5.74, 6) is -1.52. The van der Waals surface area contributed by atoms with Crippen molar-refractivity contribution >= 4 is 21.5 Å². The summed E-state index contributed by atoms with van der Waals surface area (Å²) < 4.78 is 24.6. The van der Waals surface area contributed by atoms with Crippen molar-refractivity contribution in [1.82, 2.24) is 14.7 Å². The molecule has 2 heterocycles. The molecule has 1 fully saturated rings. The molecule has 1 aromatic heterocycles. The number of sulfone groups is 1. The molecule has 2 aromatic rings. The lowest BCUT2D eigenvalue weighted by molar-refractivity contribution is -0.126. The van der Waals surface area contributed by atoms with Crippen LogP contribution in [-0.2, 0) is 14.6 Å². The first-order valence-corrected chi connectivity index (χ1v) is 9.78. The van der Waals surface area contributed by atoms with Crippen molar-refractivity contribution in [3.8, 4) is 5.69 Å². The van der Waals surface area contributed by atoms with Crippen LogP contribution >= 0.6 is 0 Å². The average Bonchev–Trinajstić information content (AvgIpc) is 2.89. The molecular weight excluding hydrogens is 342 g/mol. The van der Waals surface area contributed by atoms with Gasteiger partial charge in [0.25, 0.3) is 11.7 Å². The molecule has 1 amide bonds. The van der Waals surface area contributed by atoms with Crippen LogP contribution in [0.2, 0.25) is 0 Å². The number of rotatable bonds is 3. The first-order chi connectivity index (χ1) is 11.8. The van der Waals surface area contributed by atoms with E-state index in [1.807, 2.05) is 30.3 Å². The summed E-state index contributed by atoms with van der Waals surface area (Å²) in [6, 6.07) is 9.35. The summed E-state index contributed by atoms with van der Waals surface area (Å²) in [6.45, 7) is 3.54. The zero-order chi connectivity index (χ0) is 18.2. The molecule has 0 radical (unpaired) electrons. The van der Waals surface area contributed by atoms with E-state index in [9.17, 15) is 18.0 Å². The van der Waals surface area contributed by atoms with Crippen LogP contribution in [0.5, 0.6) is 0 Å². The quantitative estimate of drug-likeness (QED) is 0.599. The molecule has 0 N–H and O–H groups in total. The topological polar surface area (TPSA) is 89.3 Å². The standard InChI is InChI=1S/C17H19N3O4S/c1-12-15(13(2)20(18-12)14-6-4-3-5-7-14)16(21)17(22)19-8-10-25(23,24)11-9-19/h3-7H,8-11H2,1-2H3. The molecule has 1 aliphatic heterocycles. The molecule has 0 saturated carbocycles. The Morgan fingerprint density at radius 3 is 2.24 bits per heavy atom. The fraction of sp³-hybridized carbons (Fsp3) is 0.353. The van der Waals surface area contributed by atoms with Crippen LogP contribution in [0.4, 0.5) is 0 Å². The van der Waals surface area contributed by atoms with E-state index in [4.69, 9.17) is 0 Å². The number of benzene rings is 1. The van der Waals surface area contributed by atoms with Gasteiger partial charge in [-0.25, -0.2) is 13.1 Å². The van der Waals surface area contributed by atoms with Gasteiger partial charge in [-0.2, -0.15) is 5.10 Å². The van der Waals surface area contributed by atoms with E-state index < -0.39 is 21.5 Å². The van der Waals surface area contributed by atoms with Crippen LogP contribution in [0.1, 0.15) is 21.7 Å². The number of Topliss-reactive ketones (excluding diaryl/α,β-unsaturated/α-hetero) is 1. The fourth-order valence-electron chi connectivity index (χ4n) is 2.96. The second kappa shape index (κ2) is 6.44. The van der Waals surface area contributed by atoms with Crippen LogP contribution in [0.15, 0.2) is 30.3 Å². The average molecular weight is 361 g/mol. The molecule has 0 unspecified atom stereocenters. The van der Waals surface area contributed by atoms with Crippen LogP contribution < -0.4 is 0 Å². The van der Waals surface area contributed by atoms with E-state index in [0.29, 0.717) is 11.4 Å². The van der Waals surface area contributed by atoms with Crippen molar-refractivity contribution < 1.29 is 18.0 Å². The van der Waals surface area contributed by atoms with E-state index in [1.54, 1.807) is 18.5 Å². The zero-order valence-corrected chi connectivity index (χ0v) is 14.9. The number of ketones is 1. The molecule has 1 aromatic carbocycles. The summed E-state index contributed by atoms with van der Waals surface area (Å²) in [5.41, 5.74) is 2.15. The molecule has 7 nitrogen and oxygen atoms in total. The van der Waals surface area contributed by atoms with Crippen LogP contribution in [0, 0.1) is 13.8 Å². The number of para-hydroxylation sites is 1. The summed E-state index contributed by atoms with van der Waals surface area (Å²) in [6.07, 6.45) is 0. The van der Waals surface area contributed by atoms with Gasteiger partial charge in [-0.3, -0.25) is 9.59 Å². The monoisotopic (exact) mass is 361 g/mol. The Bertz CT molecular complexity index is 918. The van der Waals surface area contributed by atoms with Gasteiger partial charge < -0.3 is 4.90 Å². The Labute approximate surface area is 146 Å². The zero-order valence-electron chi connectivity index (χ0n) is 14.1. The van der Waals surface area contributed by atoms with Gasteiger partial charge in [-0.15, -0.1) is 0 Å². The molecule has 0 spiro atoms. The van der Waals surface area contributed by atoms with Crippen molar-refractivity contribution in [1.29, 1.82) is 0 Å². The summed E-state index contributed by atoms with van der Waals surface area (Å²) >= 11 is 0. The number of hydrogen-bond donors (Lipinski definition) is 0. The second-order valence-corrected chi connectivity index (χ2v) is 8.37. The maximum atomic E-state index is 12.7. The minimum atomic E-state index is -3.11. The maximum absolute atomic E-state index is 12.7. The highest BCUT2D eigenvalue weighted by atomic mass is 32.2. The van der Waals surface area contributed by atoms with Crippen molar-refractivity contribution in [3.63, 3.8) is 0 Å². The second-order valence-electron chi connectivity index (χ2n) is 6.07. The Balaban J connectivity index is 1.88. The van der Waals surface area contributed by atoms with Gasteiger partial charge in [0.1, 0.15) is 0 Å². The molecular formula is C17H19N3O4S. The van der Waals surface area contributed by atoms with Gasteiger partial charge >= 0.3 is 0 Å². The first kappa shape index (κ1) is 17.3. The van der Waals surface area contributed by atoms with Gasteiger partial charge in [0, 0.05) is 13.1 Å². The predicted octanol–water partition coefficient (Wildman–Crippen LogP) is 0.929. The molecule has 132 valence electrons. The molecule has 0 aliphatic carbocycles. The number of aryl methyl sites for hydroxylation is 1. The molecule has 0 atom stereocenters. The van der Waals surface area contributed by atoms with Gasteiger partial charge in [0.15, 0.2) is 9.84 Å². The first-order valence-electron chi connectivity index (χ1n) is 7.96. The highest BCUT2D eigenvalue weighted by Crippen LogP contribution is 2.19. The van der Waals surface area contributed by atoms with Gasteiger partial charge in [0.05, 0.1) is 34.1 Å². The predicted molar refractivity (Wildman–Crippen MR) is 92.6 cm³/mol. The van der Waals surface area contributed by atoms with Gasteiger partial charge in [0.2, 0.25) is 0 Å². The van der Waals surface area contributed by atoms with E-state index in [0.717, 1.165) is 5.69 Å². The van der Waals surface area contributed by atoms with Crippen LogP contribution in [0.3, 0.4) is 0 Å². The van der Waals surface area contributed by atoms with Gasteiger partial charge in [-0.05, 0) is 26.0 Å². The SMILES string of the molecule is Cc1nn(-c2ccccc2)c(C)c1C(=O)C(=O)N1CCS(=O)(=O)CC1. The minimum Gasteiger partial charge on any atom is -0.334 e. The maximum Gasteiger partial charge on any atom is 0.295 e. The van der Waals surface area contributed by atoms with Crippen molar-refractivity contribution in [2.24, 2.45) is 0 Å². The number of carbonyl (C=O) groups excluding carboxylic acids is 2.